The molecule has 4 heterocycles. The number of hydrogen-bond acceptors (Lipinski definition) is 3. The van der Waals surface area contributed by atoms with E-state index in [1.54, 1.807) is 0 Å². The van der Waals surface area contributed by atoms with Gasteiger partial charge in [-0.15, -0.1) is 0 Å². The molecule has 0 unspecified atom stereocenters. The molecule has 3 aliphatic heterocycles. The van der Waals surface area contributed by atoms with E-state index >= 15 is 0 Å². The number of pyridine rings is 1. The lowest BCUT2D eigenvalue weighted by atomic mass is 9.55. The van der Waals surface area contributed by atoms with Crippen molar-refractivity contribution in [3.8, 4) is 22.3 Å². The summed E-state index contributed by atoms with van der Waals surface area (Å²) >= 11 is 0. The van der Waals surface area contributed by atoms with Crippen LogP contribution < -0.4 is 15.1 Å². The van der Waals surface area contributed by atoms with E-state index in [1.165, 1.54) is 44.8 Å². The smallest absolute Gasteiger partial charge is 0.358 e. The summed E-state index contributed by atoms with van der Waals surface area (Å²) in [5.74, 6) is 1.03. The molecule has 0 atom stereocenters. The van der Waals surface area contributed by atoms with Crippen molar-refractivity contribution in [1.82, 2.24) is 4.98 Å². The molecule has 0 N–H and O–H groups in total. The summed E-state index contributed by atoms with van der Waals surface area (Å²) in [6.07, 6.45) is 1.90. The van der Waals surface area contributed by atoms with Crippen LogP contribution in [-0.2, 0) is 0 Å². The van der Waals surface area contributed by atoms with Crippen molar-refractivity contribution in [2.75, 3.05) is 9.62 Å². The molecule has 0 fully saturated rings. The molecule has 3 nitrogen and oxygen atoms in total. The van der Waals surface area contributed by atoms with Crippen LogP contribution >= 0.6 is 0 Å². The maximum absolute atomic E-state index is 4.79. The summed E-state index contributed by atoms with van der Waals surface area (Å²) in [7, 11) is 0. The monoisotopic (exact) mass is 343 g/mol. The molecule has 27 heavy (non-hydrogen) atoms. The van der Waals surface area contributed by atoms with Gasteiger partial charge in [0.15, 0.2) is 0 Å². The van der Waals surface area contributed by atoms with Gasteiger partial charge in [0.2, 0.25) is 0 Å². The number of anilines is 4. The summed E-state index contributed by atoms with van der Waals surface area (Å²) in [6.45, 7) is 0.117. The predicted molar refractivity (Wildman–Crippen MR) is 111 cm³/mol. The van der Waals surface area contributed by atoms with Crippen LogP contribution in [0.4, 0.5) is 22.9 Å². The van der Waals surface area contributed by atoms with Gasteiger partial charge in [-0.25, -0.2) is 4.98 Å². The van der Waals surface area contributed by atoms with Crippen LogP contribution in [0.1, 0.15) is 0 Å². The molecule has 0 saturated carbocycles. The van der Waals surface area contributed by atoms with Crippen molar-refractivity contribution >= 4 is 35.3 Å². The first-order chi connectivity index (χ1) is 13.4. The second kappa shape index (κ2) is 4.60. The van der Waals surface area contributed by atoms with Gasteiger partial charge >= 0.3 is 6.98 Å². The zero-order valence-corrected chi connectivity index (χ0v) is 14.5. The van der Waals surface area contributed by atoms with E-state index in [0.717, 1.165) is 5.82 Å². The number of aromatic nitrogens is 1. The summed E-state index contributed by atoms with van der Waals surface area (Å²) < 4.78 is 0. The number of hydrogen-bond donors (Lipinski definition) is 0. The molecule has 3 aromatic carbocycles. The van der Waals surface area contributed by atoms with E-state index in [9.17, 15) is 0 Å². The third kappa shape index (κ3) is 1.49. The second-order valence-corrected chi connectivity index (χ2v) is 7.26. The number of rotatable bonds is 0. The lowest BCUT2D eigenvalue weighted by Gasteiger charge is -2.40. The summed E-state index contributed by atoms with van der Waals surface area (Å²) in [5, 5.41) is 0. The minimum atomic E-state index is 0.117. The van der Waals surface area contributed by atoms with Gasteiger partial charge in [0.05, 0.1) is 5.69 Å². The first kappa shape index (κ1) is 13.6. The summed E-state index contributed by atoms with van der Waals surface area (Å²) in [4.78, 5) is 9.66. The number of benzene rings is 3. The number of nitrogens with zero attached hydrogens (tertiary/aromatic N) is 3. The van der Waals surface area contributed by atoms with Crippen LogP contribution in [0.25, 0.3) is 22.3 Å². The lowest BCUT2D eigenvalue weighted by molar-refractivity contribution is 1.26. The quantitative estimate of drug-likeness (QED) is 0.431. The highest BCUT2D eigenvalue weighted by molar-refractivity contribution is 6.88. The Morgan fingerprint density at radius 2 is 1.15 bits per heavy atom. The van der Waals surface area contributed by atoms with Crippen LogP contribution in [-0.4, -0.2) is 12.0 Å². The Hall–Kier alpha value is -3.53. The van der Waals surface area contributed by atoms with Crippen molar-refractivity contribution in [1.29, 1.82) is 0 Å². The third-order valence-electron chi connectivity index (χ3n) is 6.01. The molecule has 124 valence electrons. The standard InChI is InChI=1S/C23H14BN3/c1-3-11-19-15(7-1)17-9-5-10-18-16-8-2-4-12-20(16)27-23-21(13-6-14-25-23)26(19)24(27)22(17)18/h1-14H. The Balaban J connectivity index is 1.71. The normalized spacial score (nSPS) is 14.4. The molecule has 1 aromatic heterocycles. The molecule has 4 aromatic rings. The molecular weight excluding hydrogens is 329 g/mol. The lowest BCUT2D eigenvalue weighted by Crippen LogP contribution is -2.58. The maximum Gasteiger partial charge on any atom is 0.423 e. The Bertz CT molecular complexity index is 1170. The Labute approximate surface area is 157 Å². The molecular formula is C23H14BN3. The van der Waals surface area contributed by atoms with E-state index in [-0.39, 0.29) is 6.98 Å². The summed E-state index contributed by atoms with van der Waals surface area (Å²) in [5.41, 5.74) is 10.3. The molecule has 0 spiro atoms. The van der Waals surface area contributed by atoms with Crippen LogP contribution in [0, 0.1) is 0 Å². The minimum absolute atomic E-state index is 0.117. The van der Waals surface area contributed by atoms with E-state index in [4.69, 9.17) is 4.98 Å². The molecule has 0 radical (unpaired) electrons. The van der Waals surface area contributed by atoms with Crippen molar-refractivity contribution in [3.05, 3.63) is 85.1 Å². The van der Waals surface area contributed by atoms with Gasteiger partial charge in [0, 0.05) is 28.7 Å². The molecule has 4 heteroatoms. The van der Waals surface area contributed by atoms with Crippen molar-refractivity contribution < 1.29 is 0 Å². The molecule has 7 rings (SSSR count). The highest BCUT2D eigenvalue weighted by Gasteiger charge is 2.52. The highest BCUT2D eigenvalue weighted by Crippen LogP contribution is 2.54. The van der Waals surface area contributed by atoms with Gasteiger partial charge in [-0.1, -0.05) is 54.6 Å². The molecule has 0 saturated heterocycles. The Morgan fingerprint density at radius 3 is 1.89 bits per heavy atom. The van der Waals surface area contributed by atoms with Gasteiger partial charge in [0.1, 0.15) is 5.82 Å². The average molecular weight is 343 g/mol. The molecule has 0 aliphatic carbocycles. The van der Waals surface area contributed by atoms with Crippen LogP contribution in [0.5, 0.6) is 0 Å². The van der Waals surface area contributed by atoms with Crippen LogP contribution in [0.15, 0.2) is 85.1 Å². The third-order valence-corrected chi connectivity index (χ3v) is 6.01. The average Bonchev–Trinajstić information content (AvgIpc) is 3.10. The minimum Gasteiger partial charge on any atom is -0.358 e. The van der Waals surface area contributed by atoms with Crippen molar-refractivity contribution in [2.45, 2.75) is 0 Å². The SMILES string of the molecule is c1ccc2c(c1)-c1cccc3c1B1N2c2cccnc2N1c1ccccc1-3. The van der Waals surface area contributed by atoms with Gasteiger partial charge in [0.25, 0.3) is 0 Å². The van der Waals surface area contributed by atoms with Gasteiger partial charge in [-0.05, 0) is 40.9 Å². The second-order valence-electron chi connectivity index (χ2n) is 7.26. The van der Waals surface area contributed by atoms with Gasteiger partial charge < -0.3 is 9.62 Å². The largest absolute Gasteiger partial charge is 0.423 e. The Morgan fingerprint density at radius 1 is 0.556 bits per heavy atom. The van der Waals surface area contributed by atoms with E-state index < -0.39 is 0 Å². The van der Waals surface area contributed by atoms with E-state index in [0.29, 0.717) is 0 Å². The van der Waals surface area contributed by atoms with E-state index in [1.807, 2.05) is 12.3 Å². The Kier molecular flexibility index (Phi) is 2.32. The first-order valence-corrected chi connectivity index (χ1v) is 9.29. The topological polar surface area (TPSA) is 19.4 Å². The zero-order chi connectivity index (χ0) is 17.5. The van der Waals surface area contributed by atoms with Crippen LogP contribution in [0.2, 0.25) is 0 Å². The predicted octanol–water partition coefficient (Wildman–Crippen LogP) is 4.73. The fraction of sp³-hybridized carbons (Fsp3) is 0. The van der Waals surface area contributed by atoms with Crippen molar-refractivity contribution in [2.24, 2.45) is 0 Å². The number of para-hydroxylation sites is 2. The van der Waals surface area contributed by atoms with E-state index in [2.05, 4.69) is 82.4 Å². The molecule has 0 bridgehead atoms. The molecule has 3 aliphatic rings. The maximum atomic E-state index is 4.79. The zero-order valence-electron chi connectivity index (χ0n) is 14.5. The number of fused-ring (bicyclic) bond motifs is 9. The van der Waals surface area contributed by atoms with Gasteiger partial charge in [-0.2, -0.15) is 0 Å². The fourth-order valence-corrected chi connectivity index (χ4v) is 5.03. The van der Waals surface area contributed by atoms with Crippen LogP contribution in [0.3, 0.4) is 0 Å². The molecule has 0 amide bonds. The first-order valence-electron chi connectivity index (χ1n) is 9.29. The highest BCUT2D eigenvalue weighted by atomic mass is 15.3. The van der Waals surface area contributed by atoms with Gasteiger partial charge in [-0.3, -0.25) is 0 Å². The summed E-state index contributed by atoms with van der Waals surface area (Å²) in [6, 6.07) is 28.4. The van der Waals surface area contributed by atoms with Crippen molar-refractivity contribution in [3.63, 3.8) is 0 Å². The fourth-order valence-electron chi connectivity index (χ4n) is 5.03.